The van der Waals surface area contributed by atoms with Gasteiger partial charge in [-0.05, 0) is 6.07 Å². The number of aliphatic hydroxyl groups excluding tert-OH is 1. The molecule has 0 fully saturated rings. The fourth-order valence-corrected chi connectivity index (χ4v) is 2.82. The molecule has 16 heavy (non-hydrogen) atoms. The van der Waals surface area contributed by atoms with Gasteiger partial charge < -0.3 is 15.6 Å². The number of methoxy groups -OCH3 is 1. The predicted molar refractivity (Wildman–Crippen MR) is 61.6 cm³/mol. The molecule has 1 aromatic carbocycles. The molecule has 0 heterocycles. The van der Waals surface area contributed by atoms with Gasteiger partial charge in [0.1, 0.15) is 5.75 Å². The lowest BCUT2D eigenvalue weighted by Gasteiger charge is -2.09. The van der Waals surface area contributed by atoms with E-state index in [2.05, 4.69) is 0 Å². The van der Waals surface area contributed by atoms with E-state index in [9.17, 15) is 8.42 Å². The molecule has 0 aromatic heterocycles. The van der Waals surface area contributed by atoms with Crippen molar-refractivity contribution in [2.24, 2.45) is 0 Å². The second-order valence-electron chi connectivity index (χ2n) is 3.07. The first-order valence-electron chi connectivity index (χ1n) is 4.39. The summed E-state index contributed by atoms with van der Waals surface area (Å²) in [6.45, 7) is -0.467. The number of sulfone groups is 1. The third-order valence-corrected chi connectivity index (χ3v) is 4.13. The standard InChI is InChI=1S/C9H12ClNO4S/c1-15-8-5-9(6(10)4-7(8)11)16(13,14)3-2-12/h4-5,12H,2-3,11H2,1H3. The highest BCUT2D eigenvalue weighted by Crippen LogP contribution is 2.32. The van der Waals surface area contributed by atoms with E-state index in [0.29, 0.717) is 0 Å². The van der Waals surface area contributed by atoms with Crippen molar-refractivity contribution in [1.82, 2.24) is 0 Å². The molecule has 0 aliphatic carbocycles. The largest absolute Gasteiger partial charge is 0.495 e. The van der Waals surface area contributed by atoms with E-state index in [1.54, 1.807) is 0 Å². The zero-order valence-corrected chi connectivity index (χ0v) is 10.2. The molecule has 5 nitrogen and oxygen atoms in total. The van der Waals surface area contributed by atoms with Crippen molar-refractivity contribution in [2.75, 3.05) is 25.2 Å². The summed E-state index contributed by atoms with van der Waals surface area (Å²) in [5.74, 6) is -0.152. The van der Waals surface area contributed by atoms with Crippen molar-refractivity contribution in [3.63, 3.8) is 0 Å². The Morgan fingerprint density at radius 3 is 2.62 bits per heavy atom. The molecule has 0 spiro atoms. The quantitative estimate of drug-likeness (QED) is 0.782. The van der Waals surface area contributed by atoms with E-state index >= 15 is 0 Å². The Bertz CT molecular complexity index is 487. The lowest BCUT2D eigenvalue weighted by Crippen LogP contribution is -2.11. The molecular formula is C9H12ClNO4S. The van der Waals surface area contributed by atoms with Crippen LogP contribution in [0, 0.1) is 0 Å². The van der Waals surface area contributed by atoms with Crippen molar-refractivity contribution in [3.05, 3.63) is 17.2 Å². The normalized spacial score (nSPS) is 11.4. The van der Waals surface area contributed by atoms with E-state index < -0.39 is 16.4 Å². The number of rotatable bonds is 4. The molecule has 0 aliphatic rings. The van der Waals surface area contributed by atoms with Crippen LogP contribution in [-0.2, 0) is 9.84 Å². The summed E-state index contributed by atoms with van der Waals surface area (Å²) in [6, 6.07) is 2.56. The minimum Gasteiger partial charge on any atom is -0.495 e. The molecule has 3 N–H and O–H groups in total. The summed E-state index contributed by atoms with van der Waals surface area (Å²) < 4.78 is 28.3. The summed E-state index contributed by atoms with van der Waals surface area (Å²) >= 11 is 5.78. The van der Waals surface area contributed by atoms with Gasteiger partial charge in [-0.2, -0.15) is 0 Å². The number of hydrogen-bond acceptors (Lipinski definition) is 5. The Balaban J connectivity index is 3.34. The van der Waals surface area contributed by atoms with Crippen LogP contribution in [0.25, 0.3) is 0 Å². The third-order valence-electron chi connectivity index (χ3n) is 1.98. The number of halogens is 1. The number of anilines is 1. The van der Waals surface area contributed by atoms with Crippen molar-refractivity contribution in [2.45, 2.75) is 4.90 Å². The first-order chi connectivity index (χ1) is 7.42. The van der Waals surface area contributed by atoms with Gasteiger partial charge in [-0.15, -0.1) is 0 Å². The minimum atomic E-state index is -3.61. The molecule has 0 amide bonds. The highest BCUT2D eigenvalue weighted by atomic mass is 35.5. The molecule has 90 valence electrons. The van der Waals surface area contributed by atoms with Gasteiger partial charge >= 0.3 is 0 Å². The van der Waals surface area contributed by atoms with E-state index in [1.807, 2.05) is 0 Å². The van der Waals surface area contributed by atoms with Crippen molar-refractivity contribution >= 4 is 27.1 Å². The number of aliphatic hydroxyl groups is 1. The lowest BCUT2D eigenvalue weighted by molar-refractivity contribution is 0.319. The molecule has 0 aliphatic heterocycles. The van der Waals surface area contributed by atoms with E-state index in [0.717, 1.165) is 0 Å². The van der Waals surface area contributed by atoms with Gasteiger partial charge in [0, 0.05) is 6.07 Å². The van der Waals surface area contributed by atoms with Crippen LogP contribution in [0.15, 0.2) is 17.0 Å². The van der Waals surface area contributed by atoms with Crippen molar-refractivity contribution < 1.29 is 18.3 Å². The summed E-state index contributed by atoms with van der Waals surface area (Å²) in [6.07, 6.45) is 0. The van der Waals surface area contributed by atoms with E-state index in [-0.39, 0.29) is 27.1 Å². The maximum atomic E-state index is 11.7. The monoisotopic (exact) mass is 265 g/mol. The SMILES string of the molecule is COc1cc(S(=O)(=O)CCO)c(Cl)cc1N. The average Bonchev–Trinajstić information content (AvgIpc) is 2.17. The first kappa shape index (κ1) is 13.1. The summed E-state index contributed by atoms with van der Waals surface area (Å²) in [5.41, 5.74) is 5.82. The van der Waals surface area contributed by atoms with Crippen LogP contribution in [0.5, 0.6) is 5.75 Å². The molecule has 1 aromatic rings. The highest BCUT2D eigenvalue weighted by molar-refractivity contribution is 7.91. The molecule has 0 atom stereocenters. The Morgan fingerprint density at radius 2 is 2.12 bits per heavy atom. The van der Waals surface area contributed by atoms with Gasteiger partial charge in [-0.1, -0.05) is 11.6 Å². The maximum Gasteiger partial charge on any atom is 0.182 e. The average molecular weight is 266 g/mol. The minimum absolute atomic E-state index is 0.0201. The molecule has 7 heteroatoms. The zero-order valence-electron chi connectivity index (χ0n) is 8.60. The predicted octanol–water partition coefficient (Wildman–Crippen LogP) is 0.697. The summed E-state index contributed by atoms with van der Waals surface area (Å²) in [7, 11) is -2.23. The van der Waals surface area contributed by atoms with E-state index in [4.69, 9.17) is 27.2 Å². The van der Waals surface area contributed by atoms with Crippen molar-refractivity contribution in [3.8, 4) is 5.75 Å². The van der Waals surface area contributed by atoms with Gasteiger partial charge in [0.05, 0.1) is 35.1 Å². The van der Waals surface area contributed by atoms with Gasteiger partial charge in [-0.25, -0.2) is 8.42 Å². The van der Waals surface area contributed by atoms with Crippen molar-refractivity contribution in [1.29, 1.82) is 0 Å². The van der Waals surface area contributed by atoms with Gasteiger partial charge in [0.25, 0.3) is 0 Å². The summed E-state index contributed by atoms with van der Waals surface area (Å²) in [4.78, 5) is -0.0886. The Labute approximate surface area is 98.7 Å². The van der Waals surface area contributed by atoms with Crippen LogP contribution in [0.2, 0.25) is 5.02 Å². The maximum absolute atomic E-state index is 11.7. The molecule has 0 unspecified atom stereocenters. The van der Waals surface area contributed by atoms with Crippen LogP contribution in [0.3, 0.4) is 0 Å². The molecule has 0 radical (unpaired) electrons. The second kappa shape index (κ2) is 4.90. The van der Waals surface area contributed by atoms with Crippen LogP contribution in [0.4, 0.5) is 5.69 Å². The third kappa shape index (κ3) is 2.58. The fraction of sp³-hybridized carbons (Fsp3) is 0.333. The fourth-order valence-electron chi connectivity index (χ4n) is 1.20. The Hall–Kier alpha value is -0.980. The number of benzene rings is 1. The van der Waals surface area contributed by atoms with Crippen LogP contribution in [-0.4, -0.2) is 33.0 Å². The van der Waals surface area contributed by atoms with Crippen LogP contribution < -0.4 is 10.5 Å². The Morgan fingerprint density at radius 1 is 1.50 bits per heavy atom. The molecule has 0 saturated carbocycles. The van der Waals surface area contributed by atoms with Gasteiger partial charge in [0.15, 0.2) is 9.84 Å². The Kier molecular flexibility index (Phi) is 4.01. The first-order valence-corrected chi connectivity index (χ1v) is 6.42. The van der Waals surface area contributed by atoms with Gasteiger partial charge in [-0.3, -0.25) is 0 Å². The zero-order chi connectivity index (χ0) is 12.3. The second-order valence-corrected chi connectivity index (χ2v) is 5.55. The smallest absolute Gasteiger partial charge is 0.182 e. The van der Waals surface area contributed by atoms with Crippen LogP contribution >= 0.6 is 11.6 Å². The van der Waals surface area contributed by atoms with Gasteiger partial charge in [0.2, 0.25) is 0 Å². The number of ether oxygens (including phenoxy) is 1. The van der Waals surface area contributed by atoms with Crippen LogP contribution in [0.1, 0.15) is 0 Å². The molecule has 0 bridgehead atoms. The molecule has 0 saturated heterocycles. The lowest BCUT2D eigenvalue weighted by atomic mass is 10.3. The summed E-state index contributed by atoms with van der Waals surface area (Å²) in [5, 5.41) is 8.68. The number of hydrogen-bond donors (Lipinski definition) is 2. The number of nitrogens with two attached hydrogens (primary N) is 1. The molecule has 1 rings (SSSR count). The highest BCUT2D eigenvalue weighted by Gasteiger charge is 2.19. The molecular weight excluding hydrogens is 254 g/mol. The topological polar surface area (TPSA) is 89.6 Å². The number of nitrogen functional groups attached to an aromatic ring is 1. The van der Waals surface area contributed by atoms with E-state index in [1.165, 1.54) is 19.2 Å².